The van der Waals surface area contributed by atoms with Crippen molar-refractivity contribution >= 4 is 16.6 Å². The van der Waals surface area contributed by atoms with E-state index in [9.17, 15) is 0 Å². The molecule has 1 rings (SSSR count). The van der Waals surface area contributed by atoms with Crippen molar-refractivity contribution in [2.75, 3.05) is 0 Å². The van der Waals surface area contributed by atoms with E-state index < -0.39 is 0 Å². The molecule has 0 saturated heterocycles. The van der Waals surface area contributed by atoms with Gasteiger partial charge in [0.25, 0.3) is 0 Å². The van der Waals surface area contributed by atoms with Gasteiger partial charge in [-0.05, 0) is 26.3 Å². The minimum Gasteiger partial charge on any atom is -0.466 e. The Morgan fingerprint density at radius 2 is 2.00 bits per heavy atom. The van der Waals surface area contributed by atoms with Gasteiger partial charge < -0.3 is 4.42 Å². The summed E-state index contributed by atoms with van der Waals surface area (Å²) in [7, 11) is 0. The number of allylic oxidation sites excluding steroid dienone is 1. The van der Waals surface area contributed by atoms with Gasteiger partial charge in [-0.25, -0.2) is 0 Å². The van der Waals surface area contributed by atoms with Crippen molar-refractivity contribution in [1.82, 2.24) is 0 Å². The molecule has 0 amide bonds. The third kappa shape index (κ3) is 1.76. The minimum atomic E-state index is 0.439. The van der Waals surface area contributed by atoms with Crippen LogP contribution in [0, 0.1) is 32.1 Å². The van der Waals surface area contributed by atoms with Crippen molar-refractivity contribution in [3.63, 3.8) is 0 Å². The molecule has 1 heterocycles. The van der Waals surface area contributed by atoms with Crippen LogP contribution in [0.25, 0.3) is 5.03 Å². The Morgan fingerprint density at radius 1 is 1.38 bits per heavy atom. The molecule has 0 aliphatic heterocycles. The monoisotopic (exact) mass is 195 g/mol. The molecule has 68 valence electrons. The molecule has 13 heavy (non-hydrogen) atoms. The molecular formula is C10H10ClNO. The summed E-state index contributed by atoms with van der Waals surface area (Å²) in [6.07, 6.45) is 1.31. The first-order valence-electron chi connectivity index (χ1n) is 3.90. The Kier molecular flexibility index (Phi) is 2.79. The van der Waals surface area contributed by atoms with Crippen LogP contribution in [0.3, 0.4) is 0 Å². The Bertz CT molecular complexity index is 396. The summed E-state index contributed by atoms with van der Waals surface area (Å²) in [5, 5.41) is 8.88. The second-order valence-electron chi connectivity index (χ2n) is 2.84. The van der Waals surface area contributed by atoms with Gasteiger partial charge in [0, 0.05) is 11.6 Å². The first kappa shape index (κ1) is 9.88. The van der Waals surface area contributed by atoms with Gasteiger partial charge in [-0.3, -0.25) is 0 Å². The van der Waals surface area contributed by atoms with Crippen LogP contribution in [0.1, 0.15) is 22.6 Å². The largest absolute Gasteiger partial charge is 0.466 e. The number of aryl methyl sites for hydroxylation is 2. The molecule has 0 bridgehead atoms. The predicted molar refractivity (Wildman–Crippen MR) is 52.4 cm³/mol. The first-order chi connectivity index (χ1) is 6.07. The van der Waals surface area contributed by atoms with E-state index >= 15 is 0 Å². The molecule has 0 aliphatic rings. The second kappa shape index (κ2) is 3.68. The lowest BCUT2D eigenvalue weighted by molar-refractivity contribution is 0.502. The molecule has 0 fully saturated rings. The van der Waals surface area contributed by atoms with Gasteiger partial charge >= 0.3 is 0 Å². The lowest BCUT2D eigenvalue weighted by atomic mass is 10.1. The van der Waals surface area contributed by atoms with Gasteiger partial charge in [-0.1, -0.05) is 11.6 Å². The molecule has 0 aliphatic carbocycles. The van der Waals surface area contributed by atoms with E-state index in [1.807, 2.05) is 26.8 Å². The summed E-state index contributed by atoms with van der Waals surface area (Å²) >= 11 is 5.91. The fraction of sp³-hybridized carbons (Fsp3) is 0.300. The van der Waals surface area contributed by atoms with Gasteiger partial charge in [0.15, 0.2) is 0 Å². The zero-order chi connectivity index (χ0) is 10.0. The van der Waals surface area contributed by atoms with Gasteiger partial charge in [0.1, 0.15) is 11.5 Å². The van der Waals surface area contributed by atoms with Crippen molar-refractivity contribution in [3.05, 3.63) is 28.7 Å². The minimum absolute atomic E-state index is 0.439. The third-order valence-electron chi connectivity index (χ3n) is 1.99. The average molecular weight is 196 g/mol. The molecule has 1 aromatic heterocycles. The van der Waals surface area contributed by atoms with Crippen LogP contribution in [0.15, 0.2) is 10.5 Å². The number of nitrogens with zero attached hydrogens (tertiary/aromatic N) is 1. The van der Waals surface area contributed by atoms with Crippen LogP contribution >= 0.6 is 11.6 Å². The summed E-state index contributed by atoms with van der Waals surface area (Å²) in [5.74, 6) is 1.60. The number of halogens is 1. The lowest BCUT2D eigenvalue weighted by Gasteiger charge is -1.95. The van der Waals surface area contributed by atoms with E-state index in [0.29, 0.717) is 5.03 Å². The number of nitriles is 1. The van der Waals surface area contributed by atoms with Crippen molar-refractivity contribution < 1.29 is 4.42 Å². The number of rotatable bonds is 1. The van der Waals surface area contributed by atoms with Crippen LogP contribution in [0.5, 0.6) is 0 Å². The fourth-order valence-electron chi connectivity index (χ4n) is 1.27. The Labute approximate surface area is 82.4 Å². The standard InChI is InChI=1S/C10H10ClNO/c1-6-7(2)13-8(3)10(6)9(11)4-5-12/h4H,1-3H3. The van der Waals surface area contributed by atoms with E-state index in [-0.39, 0.29) is 0 Å². The maximum absolute atomic E-state index is 8.45. The Balaban J connectivity index is 3.31. The zero-order valence-corrected chi connectivity index (χ0v) is 8.57. The van der Waals surface area contributed by atoms with E-state index in [2.05, 4.69) is 0 Å². The molecule has 0 aromatic carbocycles. The topological polar surface area (TPSA) is 36.9 Å². The first-order valence-corrected chi connectivity index (χ1v) is 4.28. The highest BCUT2D eigenvalue weighted by molar-refractivity contribution is 6.49. The zero-order valence-electron chi connectivity index (χ0n) is 7.81. The molecule has 0 spiro atoms. The van der Waals surface area contributed by atoms with Gasteiger partial charge in [-0.15, -0.1) is 0 Å². The molecular weight excluding hydrogens is 186 g/mol. The van der Waals surface area contributed by atoms with Crippen LogP contribution in [0.2, 0.25) is 0 Å². The normalized spacial score (nSPS) is 11.5. The third-order valence-corrected chi connectivity index (χ3v) is 2.29. The average Bonchev–Trinajstić information content (AvgIpc) is 2.27. The molecule has 2 nitrogen and oxygen atoms in total. The predicted octanol–water partition coefficient (Wildman–Crippen LogP) is 3.31. The van der Waals surface area contributed by atoms with Crippen molar-refractivity contribution in [2.45, 2.75) is 20.8 Å². The second-order valence-corrected chi connectivity index (χ2v) is 3.24. The molecule has 0 saturated carbocycles. The highest BCUT2D eigenvalue weighted by Crippen LogP contribution is 2.29. The summed E-state index contributed by atoms with van der Waals surface area (Å²) in [4.78, 5) is 0. The maximum Gasteiger partial charge on any atom is 0.110 e. The Morgan fingerprint density at radius 3 is 2.38 bits per heavy atom. The maximum atomic E-state index is 8.45. The van der Waals surface area contributed by atoms with Crippen molar-refractivity contribution in [2.24, 2.45) is 0 Å². The van der Waals surface area contributed by atoms with Gasteiger partial charge in [0.2, 0.25) is 0 Å². The highest BCUT2D eigenvalue weighted by atomic mass is 35.5. The summed E-state index contributed by atoms with van der Waals surface area (Å²) < 4.78 is 5.38. The van der Waals surface area contributed by atoms with Gasteiger partial charge in [-0.2, -0.15) is 5.26 Å². The molecule has 3 heteroatoms. The van der Waals surface area contributed by atoms with Crippen molar-refractivity contribution in [1.29, 1.82) is 5.26 Å². The number of hydrogen-bond acceptors (Lipinski definition) is 2. The van der Waals surface area contributed by atoms with Crippen LogP contribution in [-0.4, -0.2) is 0 Å². The van der Waals surface area contributed by atoms with E-state index in [1.165, 1.54) is 6.08 Å². The quantitative estimate of drug-likeness (QED) is 0.645. The van der Waals surface area contributed by atoms with E-state index in [1.54, 1.807) is 0 Å². The molecule has 1 aromatic rings. The van der Waals surface area contributed by atoms with Gasteiger partial charge in [0.05, 0.1) is 11.1 Å². The van der Waals surface area contributed by atoms with Crippen LogP contribution < -0.4 is 0 Å². The SMILES string of the molecule is Cc1oc(C)c(C(Cl)=CC#N)c1C. The molecule has 0 N–H and O–H groups in total. The van der Waals surface area contributed by atoms with Crippen LogP contribution in [-0.2, 0) is 0 Å². The fourth-order valence-corrected chi connectivity index (χ4v) is 1.60. The lowest BCUT2D eigenvalue weighted by Crippen LogP contribution is -1.81. The van der Waals surface area contributed by atoms with Crippen LogP contribution in [0.4, 0.5) is 0 Å². The summed E-state index contributed by atoms with van der Waals surface area (Å²) in [6.45, 7) is 5.64. The van der Waals surface area contributed by atoms with E-state index in [4.69, 9.17) is 21.3 Å². The Hall–Kier alpha value is -1.20. The smallest absolute Gasteiger partial charge is 0.110 e. The summed E-state index contributed by atoms with van der Waals surface area (Å²) in [5.41, 5.74) is 1.83. The van der Waals surface area contributed by atoms with Crippen molar-refractivity contribution in [3.8, 4) is 6.07 Å². The highest BCUT2D eigenvalue weighted by Gasteiger charge is 2.13. The molecule has 0 unspecified atom stereocenters. The number of hydrogen-bond donors (Lipinski definition) is 0. The van der Waals surface area contributed by atoms with E-state index in [0.717, 1.165) is 22.6 Å². The summed E-state index contributed by atoms with van der Waals surface area (Å²) in [6, 6.07) is 1.89. The molecule has 0 radical (unpaired) electrons. The number of furan rings is 1. The molecule has 0 atom stereocenters.